The van der Waals surface area contributed by atoms with Gasteiger partial charge < -0.3 is 5.32 Å². The highest BCUT2D eigenvalue weighted by Gasteiger charge is 2.63. The number of hydrogen-bond donors (Lipinski definition) is 1. The fourth-order valence-electron chi connectivity index (χ4n) is 5.83. The summed E-state index contributed by atoms with van der Waals surface area (Å²) in [5, 5.41) is 2.25. The maximum absolute atomic E-state index is 12.9. The van der Waals surface area contributed by atoms with Gasteiger partial charge in [0.25, 0.3) is 0 Å². The third-order valence-corrected chi connectivity index (χ3v) is 7.31. The first-order valence-corrected chi connectivity index (χ1v) is 9.66. The summed E-state index contributed by atoms with van der Waals surface area (Å²) in [6.07, 6.45) is -1.01. The average molecular weight is 406 g/mol. The molecule has 142 valence electrons. The minimum absolute atomic E-state index is 0.116. The van der Waals surface area contributed by atoms with Crippen molar-refractivity contribution >= 4 is 29.1 Å². The van der Waals surface area contributed by atoms with Gasteiger partial charge in [0.2, 0.25) is 0 Å². The molecule has 0 unspecified atom stereocenters. The topological polar surface area (TPSA) is 29.1 Å². The van der Waals surface area contributed by atoms with Crippen LogP contribution in [0.1, 0.15) is 43.7 Å². The van der Waals surface area contributed by atoms with Crippen LogP contribution >= 0.6 is 23.2 Å². The second-order valence-corrected chi connectivity index (χ2v) is 9.78. The van der Waals surface area contributed by atoms with Crippen LogP contribution in [-0.2, 0) is 4.79 Å². The second-order valence-electron chi connectivity index (χ2n) is 8.22. The van der Waals surface area contributed by atoms with Crippen molar-refractivity contribution in [1.29, 1.82) is 0 Å². The summed E-state index contributed by atoms with van der Waals surface area (Å²) in [6.45, 7) is 0. The lowest BCUT2D eigenvalue weighted by atomic mass is 9.49. The molecule has 0 aromatic heterocycles. The van der Waals surface area contributed by atoms with E-state index < -0.39 is 23.0 Å². The smallest absolute Gasteiger partial charge is 0.341 e. The van der Waals surface area contributed by atoms with Gasteiger partial charge in [0.05, 0.1) is 10.9 Å². The van der Waals surface area contributed by atoms with Crippen LogP contribution in [0.5, 0.6) is 0 Å². The molecular formula is C19H20Cl2F3NO. The quantitative estimate of drug-likeness (QED) is 0.687. The van der Waals surface area contributed by atoms with Crippen molar-refractivity contribution in [1.82, 2.24) is 5.32 Å². The van der Waals surface area contributed by atoms with Crippen molar-refractivity contribution in [2.45, 2.75) is 54.1 Å². The molecule has 0 radical (unpaired) electrons. The SMILES string of the molecule is O=C(N[C@@H](c1ccccc1)[C@H]1[C@H]2C[C@@H]3C[C@](Cl)(C2)C[C@@]1(Cl)C3)C(F)(F)F. The van der Waals surface area contributed by atoms with E-state index in [0.29, 0.717) is 17.9 Å². The van der Waals surface area contributed by atoms with E-state index in [2.05, 4.69) is 5.32 Å². The molecule has 1 amide bonds. The molecule has 4 aliphatic carbocycles. The standard InChI is InChI=1S/C19H20Cl2F3NO/c20-17-7-11-6-13(9-17)14(18(21,8-11)10-17)15(12-4-2-1-3-5-12)25-16(26)19(22,23)24/h1-5,11,13-15H,6-10H2,(H,25,26)/t11-,13+,14-,15+,17+,18+/m1/s1. The lowest BCUT2D eigenvalue weighted by Gasteiger charge is -2.63. The molecule has 4 fully saturated rings. The molecule has 4 bridgehead atoms. The Kier molecular flexibility index (Phi) is 4.27. The number of nitrogens with one attached hydrogen (secondary N) is 1. The Morgan fingerprint density at radius 1 is 1.15 bits per heavy atom. The molecule has 4 saturated carbocycles. The van der Waals surface area contributed by atoms with Gasteiger partial charge >= 0.3 is 12.1 Å². The number of amides is 1. The molecule has 1 N–H and O–H groups in total. The summed E-state index contributed by atoms with van der Waals surface area (Å²) in [6, 6.07) is 8.07. The number of benzene rings is 1. The Morgan fingerprint density at radius 3 is 2.42 bits per heavy atom. The van der Waals surface area contributed by atoms with Gasteiger partial charge in [-0.2, -0.15) is 13.2 Å². The van der Waals surface area contributed by atoms with E-state index in [9.17, 15) is 18.0 Å². The van der Waals surface area contributed by atoms with Crippen molar-refractivity contribution in [3.8, 4) is 0 Å². The summed E-state index contributed by atoms with van der Waals surface area (Å²) < 4.78 is 38.8. The van der Waals surface area contributed by atoms with Crippen LogP contribution in [0.3, 0.4) is 0 Å². The molecular weight excluding hydrogens is 386 g/mol. The van der Waals surface area contributed by atoms with Crippen LogP contribution in [0.2, 0.25) is 0 Å². The van der Waals surface area contributed by atoms with Gasteiger partial charge in [-0.25, -0.2) is 0 Å². The van der Waals surface area contributed by atoms with Crippen LogP contribution in [0.25, 0.3) is 0 Å². The maximum Gasteiger partial charge on any atom is 0.471 e. The summed E-state index contributed by atoms with van der Waals surface area (Å²) in [7, 11) is 0. The van der Waals surface area contributed by atoms with Gasteiger partial charge in [0.15, 0.2) is 0 Å². The Bertz CT molecular complexity index is 712. The molecule has 1 aromatic carbocycles. The zero-order valence-electron chi connectivity index (χ0n) is 14.0. The number of alkyl halides is 5. The molecule has 1 aromatic rings. The molecule has 5 rings (SSSR count). The number of carbonyl (C=O) groups is 1. The molecule has 2 nitrogen and oxygen atoms in total. The lowest BCUT2D eigenvalue weighted by Crippen LogP contribution is -2.62. The average Bonchev–Trinajstić information content (AvgIpc) is 2.50. The third-order valence-electron chi connectivity index (χ3n) is 6.32. The van der Waals surface area contributed by atoms with Crippen molar-refractivity contribution in [3.05, 3.63) is 35.9 Å². The Morgan fingerprint density at radius 2 is 1.85 bits per heavy atom. The molecule has 0 heterocycles. The number of rotatable bonds is 3. The molecule has 7 heteroatoms. The monoisotopic (exact) mass is 405 g/mol. The van der Waals surface area contributed by atoms with E-state index in [1.807, 2.05) is 0 Å². The molecule has 6 atom stereocenters. The highest BCUT2D eigenvalue weighted by atomic mass is 35.5. The first-order valence-electron chi connectivity index (χ1n) is 8.90. The zero-order valence-corrected chi connectivity index (χ0v) is 15.5. The number of hydrogen-bond acceptors (Lipinski definition) is 1. The van der Waals surface area contributed by atoms with E-state index >= 15 is 0 Å². The minimum atomic E-state index is -4.92. The Balaban J connectivity index is 1.71. The summed E-state index contributed by atoms with van der Waals surface area (Å²) in [4.78, 5) is 10.7. The van der Waals surface area contributed by atoms with E-state index in [4.69, 9.17) is 23.2 Å². The molecule has 26 heavy (non-hydrogen) atoms. The molecule has 0 spiro atoms. The van der Waals surface area contributed by atoms with E-state index in [-0.39, 0.29) is 16.7 Å². The Hall–Kier alpha value is -0.940. The third kappa shape index (κ3) is 3.11. The van der Waals surface area contributed by atoms with Gasteiger partial charge in [-0.1, -0.05) is 30.3 Å². The first-order chi connectivity index (χ1) is 12.1. The van der Waals surface area contributed by atoms with Gasteiger partial charge in [-0.3, -0.25) is 4.79 Å². The zero-order chi connectivity index (χ0) is 18.7. The summed E-state index contributed by atoms with van der Waals surface area (Å²) in [5.41, 5.74) is 0.659. The van der Waals surface area contributed by atoms with Crippen LogP contribution in [0.4, 0.5) is 13.2 Å². The molecule has 0 saturated heterocycles. The van der Waals surface area contributed by atoms with Gasteiger partial charge in [-0.15, -0.1) is 23.2 Å². The van der Waals surface area contributed by atoms with Crippen LogP contribution in [-0.4, -0.2) is 21.8 Å². The fourth-order valence-corrected chi connectivity index (χ4v) is 7.33. The minimum Gasteiger partial charge on any atom is -0.341 e. The van der Waals surface area contributed by atoms with Crippen molar-refractivity contribution in [2.75, 3.05) is 0 Å². The fraction of sp³-hybridized carbons (Fsp3) is 0.632. The predicted molar refractivity (Wildman–Crippen MR) is 94.1 cm³/mol. The highest BCUT2D eigenvalue weighted by Crippen LogP contribution is 2.66. The summed E-state index contributed by atoms with van der Waals surface area (Å²) >= 11 is 13.8. The first kappa shape index (κ1) is 18.4. The van der Waals surface area contributed by atoms with E-state index in [1.54, 1.807) is 30.3 Å². The van der Waals surface area contributed by atoms with E-state index in [1.165, 1.54) is 0 Å². The Labute approximate surface area is 160 Å². The lowest BCUT2D eigenvalue weighted by molar-refractivity contribution is -0.175. The van der Waals surface area contributed by atoms with Gasteiger partial charge in [0, 0.05) is 10.8 Å². The highest BCUT2D eigenvalue weighted by molar-refractivity contribution is 6.28. The molecule has 0 aliphatic heterocycles. The second kappa shape index (κ2) is 6.03. The van der Waals surface area contributed by atoms with Gasteiger partial charge in [0.1, 0.15) is 0 Å². The van der Waals surface area contributed by atoms with Crippen molar-refractivity contribution in [3.63, 3.8) is 0 Å². The molecule has 4 aliphatic rings. The maximum atomic E-state index is 12.9. The largest absolute Gasteiger partial charge is 0.471 e. The number of carbonyl (C=O) groups excluding carboxylic acids is 1. The van der Waals surface area contributed by atoms with Crippen LogP contribution < -0.4 is 5.32 Å². The van der Waals surface area contributed by atoms with Gasteiger partial charge in [-0.05, 0) is 49.5 Å². The summed E-state index contributed by atoms with van der Waals surface area (Å²) in [5.74, 6) is -1.64. The van der Waals surface area contributed by atoms with Crippen LogP contribution in [0, 0.1) is 17.8 Å². The van der Waals surface area contributed by atoms with Crippen molar-refractivity contribution < 1.29 is 18.0 Å². The van der Waals surface area contributed by atoms with Crippen molar-refractivity contribution in [2.24, 2.45) is 17.8 Å². The predicted octanol–water partition coefficient (Wildman–Crippen LogP) is 5.20. The van der Waals surface area contributed by atoms with E-state index in [0.717, 1.165) is 25.7 Å². The normalized spacial score (nSPS) is 39.7. The number of halogens is 5. The van der Waals surface area contributed by atoms with Crippen LogP contribution in [0.15, 0.2) is 30.3 Å².